The molecule has 0 unspecified atom stereocenters. The van der Waals surface area contributed by atoms with Gasteiger partial charge >= 0.3 is 0 Å². The van der Waals surface area contributed by atoms with Crippen molar-refractivity contribution in [3.63, 3.8) is 0 Å². The molecule has 1 aromatic heterocycles. The van der Waals surface area contributed by atoms with E-state index in [4.69, 9.17) is 20.8 Å². The van der Waals surface area contributed by atoms with E-state index >= 15 is 0 Å². The summed E-state index contributed by atoms with van der Waals surface area (Å²) < 4.78 is 23.8. The Morgan fingerprint density at radius 2 is 1.88 bits per heavy atom. The van der Waals surface area contributed by atoms with Gasteiger partial charge in [-0.05, 0) is 54.6 Å². The number of amides is 1. The fourth-order valence-corrected chi connectivity index (χ4v) is 2.31. The molecule has 24 heavy (non-hydrogen) atoms. The second-order valence-electron chi connectivity index (χ2n) is 4.98. The predicted molar refractivity (Wildman–Crippen MR) is 90.1 cm³/mol. The van der Waals surface area contributed by atoms with Gasteiger partial charge in [-0.15, -0.1) is 0 Å². The quantitative estimate of drug-likeness (QED) is 0.724. The minimum atomic E-state index is -0.510. The molecule has 0 fully saturated rings. The average Bonchev–Trinajstić information content (AvgIpc) is 3.08. The topological polar surface area (TPSA) is 51.5 Å². The van der Waals surface area contributed by atoms with Crippen LogP contribution < -0.4 is 10.1 Å². The Morgan fingerprint density at radius 1 is 1.12 bits per heavy atom. The molecule has 0 spiro atoms. The summed E-state index contributed by atoms with van der Waals surface area (Å²) in [7, 11) is 1.57. The number of ether oxygens (including phenoxy) is 1. The van der Waals surface area contributed by atoms with Crippen LogP contribution in [0.15, 0.2) is 59.0 Å². The third-order valence-corrected chi connectivity index (χ3v) is 3.67. The maximum absolute atomic E-state index is 13.2. The molecule has 4 nitrogen and oxygen atoms in total. The molecule has 0 aliphatic carbocycles. The number of carbonyl (C=O) groups excluding carboxylic acids is 1. The molecular formula is C18H13ClFNO3. The van der Waals surface area contributed by atoms with E-state index in [0.29, 0.717) is 22.8 Å². The van der Waals surface area contributed by atoms with Crippen LogP contribution >= 0.6 is 11.6 Å². The number of furan rings is 1. The second kappa shape index (κ2) is 6.76. The van der Waals surface area contributed by atoms with Crippen LogP contribution in [0, 0.1) is 5.82 Å². The number of methoxy groups -OCH3 is 1. The molecule has 0 atom stereocenters. The standard InChI is InChI=1S/C18H13ClFNO3/c1-23-13-5-3-12(4-6-13)21-18(22)17-9-8-16(24-17)11-2-7-15(20)14(19)10-11/h2-10H,1H3,(H,21,22). The number of hydrogen-bond donors (Lipinski definition) is 1. The fraction of sp³-hybridized carbons (Fsp3) is 0.0556. The summed E-state index contributed by atoms with van der Waals surface area (Å²) in [6.45, 7) is 0. The van der Waals surface area contributed by atoms with Gasteiger partial charge in [-0.25, -0.2) is 4.39 Å². The Bertz CT molecular complexity index is 874. The fourth-order valence-electron chi connectivity index (χ4n) is 2.13. The number of hydrogen-bond acceptors (Lipinski definition) is 3. The molecule has 0 aliphatic heterocycles. The van der Waals surface area contributed by atoms with Gasteiger partial charge in [0.2, 0.25) is 0 Å². The smallest absolute Gasteiger partial charge is 0.291 e. The SMILES string of the molecule is COc1ccc(NC(=O)c2ccc(-c3ccc(F)c(Cl)c3)o2)cc1. The molecule has 0 aliphatic rings. The van der Waals surface area contributed by atoms with Crippen molar-refractivity contribution in [1.82, 2.24) is 0 Å². The van der Waals surface area contributed by atoms with Crippen molar-refractivity contribution in [2.75, 3.05) is 12.4 Å². The lowest BCUT2D eigenvalue weighted by Gasteiger charge is -2.04. The van der Waals surface area contributed by atoms with Crippen molar-refractivity contribution in [3.8, 4) is 17.1 Å². The Balaban J connectivity index is 1.76. The third-order valence-electron chi connectivity index (χ3n) is 3.38. The van der Waals surface area contributed by atoms with Crippen LogP contribution in [-0.2, 0) is 0 Å². The van der Waals surface area contributed by atoms with Crippen LogP contribution in [0.25, 0.3) is 11.3 Å². The summed E-state index contributed by atoms with van der Waals surface area (Å²) in [5.41, 5.74) is 1.20. The Kier molecular flexibility index (Phi) is 4.53. The highest BCUT2D eigenvalue weighted by atomic mass is 35.5. The van der Waals surface area contributed by atoms with Crippen molar-refractivity contribution < 1.29 is 18.3 Å². The van der Waals surface area contributed by atoms with Crippen molar-refractivity contribution in [3.05, 3.63) is 71.2 Å². The monoisotopic (exact) mass is 345 g/mol. The molecule has 3 rings (SSSR count). The summed E-state index contributed by atoms with van der Waals surface area (Å²) >= 11 is 5.76. The minimum absolute atomic E-state index is 0.00636. The van der Waals surface area contributed by atoms with Gasteiger partial charge in [-0.1, -0.05) is 11.6 Å². The lowest BCUT2D eigenvalue weighted by Crippen LogP contribution is -2.10. The molecule has 1 amide bonds. The number of benzene rings is 2. The molecule has 1 heterocycles. The van der Waals surface area contributed by atoms with E-state index in [0.717, 1.165) is 0 Å². The van der Waals surface area contributed by atoms with Crippen LogP contribution in [0.4, 0.5) is 10.1 Å². The van der Waals surface area contributed by atoms with E-state index in [9.17, 15) is 9.18 Å². The average molecular weight is 346 g/mol. The zero-order valence-corrected chi connectivity index (χ0v) is 13.4. The summed E-state index contributed by atoms with van der Waals surface area (Å²) in [4.78, 5) is 12.2. The summed E-state index contributed by atoms with van der Waals surface area (Å²) in [5.74, 6) is 0.364. The highest BCUT2D eigenvalue weighted by molar-refractivity contribution is 6.31. The Hall–Kier alpha value is -2.79. The second-order valence-corrected chi connectivity index (χ2v) is 5.38. The lowest BCUT2D eigenvalue weighted by molar-refractivity contribution is 0.0997. The van der Waals surface area contributed by atoms with Gasteiger partial charge in [0, 0.05) is 11.3 Å². The van der Waals surface area contributed by atoms with Gasteiger partial charge in [0.1, 0.15) is 17.3 Å². The Labute approximate surface area is 142 Å². The van der Waals surface area contributed by atoms with Crippen LogP contribution in [0.5, 0.6) is 5.75 Å². The molecule has 0 bridgehead atoms. The molecule has 0 saturated carbocycles. The molecule has 0 radical (unpaired) electrons. The first-order chi connectivity index (χ1) is 11.6. The highest BCUT2D eigenvalue weighted by Crippen LogP contribution is 2.27. The van der Waals surface area contributed by atoms with Crippen LogP contribution in [-0.4, -0.2) is 13.0 Å². The third kappa shape index (κ3) is 3.41. The molecule has 3 aromatic rings. The summed E-state index contributed by atoms with van der Waals surface area (Å²) in [6.07, 6.45) is 0. The molecule has 2 aromatic carbocycles. The molecule has 0 saturated heterocycles. The van der Waals surface area contributed by atoms with Gasteiger partial charge in [0.25, 0.3) is 5.91 Å². The molecular weight excluding hydrogens is 333 g/mol. The van der Waals surface area contributed by atoms with Gasteiger partial charge in [0.15, 0.2) is 5.76 Å². The van der Waals surface area contributed by atoms with Crippen molar-refractivity contribution in [1.29, 1.82) is 0 Å². The van der Waals surface area contributed by atoms with Gasteiger partial charge in [-0.2, -0.15) is 0 Å². The van der Waals surface area contributed by atoms with E-state index in [-0.39, 0.29) is 16.7 Å². The Morgan fingerprint density at radius 3 is 2.54 bits per heavy atom. The van der Waals surface area contributed by atoms with E-state index in [1.54, 1.807) is 43.5 Å². The van der Waals surface area contributed by atoms with Crippen molar-refractivity contribution in [2.45, 2.75) is 0 Å². The maximum atomic E-state index is 13.2. The van der Waals surface area contributed by atoms with Crippen LogP contribution in [0.1, 0.15) is 10.6 Å². The highest BCUT2D eigenvalue weighted by Gasteiger charge is 2.13. The van der Waals surface area contributed by atoms with Gasteiger partial charge in [0.05, 0.1) is 12.1 Å². The number of nitrogens with one attached hydrogen (secondary N) is 1. The largest absolute Gasteiger partial charge is 0.497 e. The van der Waals surface area contributed by atoms with E-state index in [1.165, 1.54) is 18.2 Å². The van der Waals surface area contributed by atoms with Crippen LogP contribution in [0.2, 0.25) is 5.02 Å². The van der Waals surface area contributed by atoms with E-state index < -0.39 is 5.82 Å². The molecule has 6 heteroatoms. The van der Waals surface area contributed by atoms with Gasteiger partial charge in [-0.3, -0.25) is 4.79 Å². The number of carbonyl (C=O) groups is 1. The lowest BCUT2D eigenvalue weighted by atomic mass is 10.2. The van der Waals surface area contributed by atoms with Crippen LogP contribution in [0.3, 0.4) is 0 Å². The van der Waals surface area contributed by atoms with Gasteiger partial charge < -0.3 is 14.5 Å². The van der Waals surface area contributed by atoms with E-state index in [1.807, 2.05) is 0 Å². The minimum Gasteiger partial charge on any atom is -0.497 e. The number of rotatable bonds is 4. The predicted octanol–water partition coefficient (Wildman–Crippen LogP) is 5.00. The van der Waals surface area contributed by atoms with Crippen molar-refractivity contribution in [2.24, 2.45) is 0 Å². The van der Waals surface area contributed by atoms with E-state index in [2.05, 4.69) is 5.32 Å². The zero-order chi connectivity index (χ0) is 17.1. The van der Waals surface area contributed by atoms with Crippen molar-refractivity contribution >= 4 is 23.2 Å². The summed E-state index contributed by atoms with van der Waals surface area (Å²) in [5, 5.41) is 2.71. The summed E-state index contributed by atoms with van der Waals surface area (Å²) in [6, 6.07) is 14.3. The zero-order valence-electron chi connectivity index (χ0n) is 12.7. The maximum Gasteiger partial charge on any atom is 0.291 e. The normalized spacial score (nSPS) is 10.5. The first-order valence-electron chi connectivity index (χ1n) is 7.07. The number of halogens is 2. The molecule has 1 N–H and O–H groups in total. The molecule has 122 valence electrons. The first-order valence-corrected chi connectivity index (χ1v) is 7.45. The first kappa shape index (κ1) is 16.1. The number of anilines is 1.